The minimum absolute atomic E-state index is 0.715. The Balaban J connectivity index is 1.66. The molecule has 1 saturated carbocycles. The van der Waals surface area contributed by atoms with E-state index in [0.717, 1.165) is 29.1 Å². The lowest BCUT2D eigenvalue weighted by molar-refractivity contribution is 0.507. The summed E-state index contributed by atoms with van der Waals surface area (Å²) in [5.74, 6) is 0.933. The van der Waals surface area contributed by atoms with Crippen LogP contribution in [0, 0.1) is 0 Å². The van der Waals surface area contributed by atoms with Crippen LogP contribution in [0.1, 0.15) is 24.2 Å². The van der Waals surface area contributed by atoms with Crippen molar-refractivity contribution in [2.75, 3.05) is 11.9 Å². The van der Waals surface area contributed by atoms with Gasteiger partial charge >= 0.3 is 0 Å². The van der Waals surface area contributed by atoms with Crippen molar-refractivity contribution in [3.8, 4) is 0 Å². The summed E-state index contributed by atoms with van der Waals surface area (Å²) in [6.07, 6.45) is 4.30. The van der Waals surface area contributed by atoms with Gasteiger partial charge in [0, 0.05) is 19.6 Å². The zero-order valence-corrected chi connectivity index (χ0v) is 12.4. The van der Waals surface area contributed by atoms with Crippen LogP contribution in [0.4, 0.5) is 5.69 Å². The van der Waals surface area contributed by atoms with E-state index in [2.05, 4.69) is 22.3 Å². The molecule has 3 rings (SSSR count). The first-order chi connectivity index (χ1) is 9.72. The Morgan fingerprint density at radius 3 is 2.85 bits per heavy atom. The highest BCUT2D eigenvalue weighted by Gasteiger charge is 2.20. The van der Waals surface area contributed by atoms with Gasteiger partial charge in [-0.2, -0.15) is 0 Å². The maximum atomic E-state index is 6.40. The van der Waals surface area contributed by atoms with E-state index in [-0.39, 0.29) is 0 Å². The van der Waals surface area contributed by atoms with Crippen LogP contribution < -0.4 is 10.2 Å². The number of benzene rings is 1. The fourth-order valence-corrected chi connectivity index (χ4v) is 2.59. The number of nitrogens with one attached hydrogen (secondary N) is 1. The summed E-state index contributed by atoms with van der Waals surface area (Å²) in [4.78, 5) is 2.10. The first kappa shape index (κ1) is 13.5. The first-order valence-electron chi connectivity index (χ1n) is 6.98. The standard InChI is InChI=1S/C16H19ClN2O/c1-19(11-14-3-2-8-20-14)16-7-4-12(9-15(16)17)10-18-13-5-6-13/h2-4,7-9,13,18H,5-6,10-11H2,1H3. The van der Waals surface area contributed by atoms with Crippen LogP contribution in [0.15, 0.2) is 41.0 Å². The first-order valence-corrected chi connectivity index (χ1v) is 7.35. The molecule has 0 spiro atoms. The number of hydrogen-bond donors (Lipinski definition) is 1. The Kier molecular flexibility index (Phi) is 3.99. The van der Waals surface area contributed by atoms with Gasteiger partial charge in [-0.3, -0.25) is 0 Å². The smallest absolute Gasteiger partial charge is 0.123 e. The minimum Gasteiger partial charge on any atom is -0.467 e. The Morgan fingerprint density at radius 1 is 1.35 bits per heavy atom. The van der Waals surface area contributed by atoms with Crippen LogP contribution in [0.25, 0.3) is 0 Å². The fourth-order valence-electron chi connectivity index (χ4n) is 2.24. The summed E-state index contributed by atoms with van der Waals surface area (Å²) >= 11 is 6.40. The molecule has 4 heteroatoms. The molecule has 0 bridgehead atoms. The Morgan fingerprint density at radius 2 is 2.20 bits per heavy atom. The maximum Gasteiger partial charge on any atom is 0.123 e. The van der Waals surface area contributed by atoms with Crippen LogP contribution in [0.5, 0.6) is 0 Å². The highest BCUT2D eigenvalue weighted by atomic mass is 35.5. The van der Waals surface area contributed by atoms with Crippen LogP contribution in [0.3, 0.4) is 0 Å². The average Bonchev–Trinajstić information content (AvgIpc) is 3.13. The second-order valence-corrected chi connectivity index (χ2v) is 5.78. The van der Waals surface area contributed by atoms with E-state index in [1.54, 1.807) is 6.26 Å². The minimum atomic E-state index is 0.715. The SMILES string of the molecule is CN(Cc1ccco1)c1ccc(CNC2CC2)cc1Cl. The van der Waals surface area contributed by atoms with E-state index in [4.69, 9.17) is 16.0 Å². The van der Waals surface area contributed by atoms with Crippen LogP contribution in [-0.4, -0.2) is 13.1 Å². The van der Waals surface area contributed by atoms with Crippen molar-refractivity contribution in [2.24, 2.45) is 0 Å². The average molecular weight is 291 g/mol. The van der Waals surface area contributed by atoms with Gasteiger partial charge in [-0.25, -0.2) is 0 Å². The molecule has 1 aromatic heterocycles. The third-order valence-corrected chi connectivity index (χ3v) is 3.87. The monoisotopic (exact) mass is 290 g/mol. The molecule has 1 N–H and O–H groups in total. The Hall–Kier alpha value is -1.45. The van der Waals surface area contributed by atoms with E-state index in [0.29, 0.717) is 6.54 Å². The van der Waals surface area contributed by atoms with E-state index in [9.17, 15) is 0 Å². The summed E-state index contributed by atoms with van der Waals surface area (Å²) in [5, 5.41) is 4.28. The normalized spacial score (nSPS) is 14.5. The second-order valence-electron chi connectivity index (χ2n) is 5.38. The van der Waals surface area contributed by atoms with Gasteiger partial charge in [0.05, 0.1) is 23.5 Å². The van der Waals surface area contributed by atoms with Crippen molar-refractivity contribution >= 4 is 17.3 Å². The molecule has 0 amide bonds. The lowest BCUT2D eigenvalue weighted by Gasteiger charge is -2.20. The molecule has 0 radical (unpaired) electrons. The molecular formula is C16H19ClN2O. The van der Waals surface area contributed by atoms with Crippen molar-refractivity contribution in [3.05, 3.63) is 52.9 Å². The van der Waals surface area contributed by atoms with E-state index in [1.165, 1.54) is 18.4 Å². The molecule has 106 valence electrons. The molecule has 1 aromatic carbocycles. The van der Waals surface area contributed by atoms with E-state index in [1.807, 2.05) is 25.2 Å². The molecule has 1 fully saturated rings. The molecule has 2 aromatic rings. The van der Waals surface area contributed by atoms with Crippen molar-refractivity contribution in [2.45, 2.75) is 32.0 Å². The van der Waals surface area contributed by atoms with Crippen molar-refractivity contribution in [1.29, 1.82) is 0 Å². The molecule has 0 atom stereocenters. The molecule has 0 unspecified atom stereocenters. The van der Waals surface area contributed by atoms with Gasteiger partial charge in [-0.15, -0.1) is 0 Å². The number of anilines is 1. The third-order valence-electron chi connectivity index (χ3n) is 3.57. The van der Waals surface area contributed by atoms with Gasteiger partial charge in [0.25, 0.3) is 0 Å². The highest BCUT2D eigenvalue weighted by molar-refractivity contribution is 6.33. The molecule has 3 nitrogen and oxygen atoms in total. The number of furan rings is 1. The summed E-state index contributed by atoms with van der Waals surface area (Å²) in [7, 11) is 2.02. The van der Waals surface area contributed by atoms with Gasteiger partial charge in [0.15, 0.2) is 0 Å². The summed E-state index contributed by atoms with van der Waals surface area (Å²) < 4.78 is 5.37. The topological polar surface area (TPSA) is 28.4 Å². The largest absolute Gasteiger partial charge is 0.467 e. The van der Waals surface area contributed by atoms with Gasteiger partial charge in [0.2, 0.25) is 0 Å². The number of nitrogens with zero attached hydrogens (tertiary/aromatic N) is 1. The van der Waals surface area contributed by atoms with Crippen molar-refractivity contribution < 1.29 is 4.42 Å². The number of hydrogen-bond acceptors (Lipinski definition) is 3. The molecule has 1 heterocycles. The zero-order valence-electron chi connectivity index (χ0n) is 11.6. The molecule has 0 saturated heterocycles. The summed E-state index contributed by atoms with van der Waals surface area (Å²) in [5.41, 5.74) is 2.26. The van der Waals surface area contributed by atoms with Crippen LogP contribution in [0.2, 0.25) is 5.02 Å². The maximum absolute atomic E-state index is 6.40. The van der Waals surface area contributed by atoms with Gasteiger partial charge in [-0.1, -0.05) is 17.7 Å². The Labute approximate surface area is 124 Å². The Bertz CT molecular complexity index is 564. The summed E-state index contributed by atoms with van der Waals surface area (Å²) in [6.45, 7) is 1.61. The van der Waals surface area contributed by atoms with E-state index >= 15 is 0 Å². The third kappa shape index (κ3) is 3.35. The van der Waals surface area contributed by atoms with E-state index < -0.39 is 0 Å². The van der Waals surface area contributed by atoms with Crippen LogP contribution in [-0.2, 0) is 13.1 Å². The molecule has 20 heavy (non-hydrogen) atoms. The quantitative estimate of drug-likeness (QED) is 0.877. The number of halogens is 1. The summed E-state index contributed by atoms with van der Waals surface area (Å²) in [6, 6.07) is 10.8. The van der Waals surface area contributed by atoms with Crippen molar-refractivity contribution in [3.63, 3.8) is 0 Å². The predicted octanol–water partition coefficient (Wildman–Crippen LogP) is 3.82. The van der Waals surface area contributed by atoms with Gasteiger partial charge < -0.3 is 14.6 Å². The molecular weight excluding hydrogens is 272 g/mol. The molecule has 1 aliphatic rings. The second kappa shape index (κ2) is 5.90. The molecule has 1 aliphatic carbocycles. The fraction of sp³-hybridized carbons (Fsp3) is 0.375. The van der Waals surface area contributed by atoms with Gasteiger partial charge in [0.1, 0.15) is 5.76 Å². The lowest BCUT2D eigenvalue weighted by Crippen LogP contribution is -2.17. The lowest BCUT2D eigenvalue weighted by atomic mass is 10.2. The predicted molar refractivity (Wildman–Crippen MR) is 82.1 cm³/mol. The highest BCUT2D eigenvalue weighted by Crippen LogP contribution is 2.28. The zero-order chi connectivity index (χ0) is 13.9. The molecule has 0 aliphatic heterocycles. The number of rotatable bonds is 6. The van der Waals surface area contributed by atoms with Gasteiger partial charge in [-0.05, 0) is 42.7 Å². The van der Waals surface area contributed by atoms with Crippen molar-refractivity contribution in [1.82, 2.24) is 5.32 Å². The van der Waals surface area contributed by atoms with Crippen LogP contribution >= 0.6 is 11.6 Å².